The lowest BCUT2D eigenvalue weighted by Crippen LogP contribution is -2.33. The van der Waals surface area contributed by atoms with Gasteiger partial charge in [-0.25, -0.2) is 9.07 Å². The molecule has 3 rings (SSSR count). The minimum Gasteiger partial charge on any atom is -0.351 e. The third-order valence-corrected chi connectivity index (χ3v) is 3.72. The highest BCUT2D eigenvalue weighted by Gasteiger charge is 2.34. The highest BCUT2D eigenvalue weighted by molar-refractivity contribution is 5.43. The summed E-state index contributed by atoms with van der Waals surface area (Å²) in [6.45, 7) is 0. The Hall–Kier alpha value is -2.35. The predicted molar refractivity (Wildman–Crippen MR) is 74.0 cm³/mol. The number of aromatic nitrogens is 2. The van der Waals surface area contributed by atoms with Gasteiger partial charge < -0.3 is 5.32 Å². The van der Waals surface area contributed by atoms with E-state index in [1.807, 2.05) is 6.07 Å². The quantitative estimate of drug-likeness (QED) is 0.931. The second kappa shape index (κ2) is 4.97. The number of nitriles is 1. The second-order valence-electron chi connectivity index (χ2n) is 5.15. The van der Waals surface area contributed by atoms with E-state index >= 15 is 0 Å². The summed E-state index contributed by atoms with van der Waals surface area (Å²) in [5, 5.41) is 17.0. The number of hydrogen-bond donors (Lipinski definition) is 1. The van der Waals surface area contributed by atoms with Gasteiger partial charge in [-0.05, 0) is 49.9 Å². The number of anilines is 1. The van der Waals surface area contributed by atoms with Gasteiger partial charge in [0.1, 0.15) is 17.2 Å². The molecule has 0 saturated heterocycles. The van der Waals surface area contributed by atoms with Crippen molar-refractivity contribution in [3.63, 3.8) is 0 Å². The fourth-order valence-electron chi connectivity index (χ4n) is 2.62. The maximum atomic E-state index is 12.9. The van der Waals surface area contributed by atoms with Crippen LogP contribution in [0.3, 0.4) is 0 Å². The molecule has 1 aliphatic rings. The summed E-state index contributed by atoms with van der Waals surface area (Å²) in [5.74, 6) is 0.409. The molecule has 2 aromatic rings. The van der Waals surface area contributed by atoms with Crippen molar-refractivity contribution in [1.82, 2.24) is 9.78 Å². The third-order valence-electron chi connectivity index (χ3n) is 3.72. The van der Waals surface area contributed by atoms with Crippen LogP contribution in [0, 0.1) is 17.1 Å². The van der Waals surface area contributed by atoms with Gasteiger partial charge in [-0.1, -0.05) is 0 Å². The molecule has 0 atom stereocenters. The monoisotopic (exact) mass is 270 g/mol. The number of hydrogen-bond acceptors (Lipinski definition) is 3. The molecule has 1 N–H and O–H groups in total. The number of rotatable bonds is 3. The van der Waals surface area contributed by atoms with Gasteiger partial charge in [0, 0.05) is 12.3 Å². The number of nitrogens with one attached hydrogen (secondary N) is 1. The van der Waals surface area contributed by atoms with Crippen molar-refractivity contribution in [2.45, 2.75) is 31.2 Å². The average molecular weight is 270 g/mol. The molecular formula is C15H15FN4. The molecule has 4 nitrogen and oxygen atoms in total. The standard InChI is InChI=1S/C15H15FN4/c16-12-3-5-13(6-4-12)20-10-7-14(19-20)18-15(11-17)8-1-2-9-15/h3-7,10H,1-2,8-9H2,(H,18,19). The maximum Gasteiger partial charge on any atom is 0.149 e. The van der Waals surface area contributed by atoms with Crippen LogP contribution >= 0.6 is 0 Å². The van der Waals surface area contributed by atoms with E-state index < -0.39 is 5.54 Å². The van der Waals surface area contributed by atoms with Crippen molar-refractivity contribution < 1.29 is 4.39 Å². The van der Waals surface area contributed by atoms with E-state index in [-0.39, 0.29) is 5.82 Å². The molecule has 1 saturated carbocycles. The van der Waals surface area contributed by atoms with Crippen molar-refractivity contribution in [2.75, 3.05) is 5.32 Å². The van der Waals surface area contributed by atoms with Gasteiger partial charge in [0.15, 0.2) is 0 Å². The molecule has 0 unspecified atom stereocenters. The van der Waals surface area contributed by atoms with Crippen molar-refractivity contribution in [1.29, 1.82) is 5.26 Å². The topological polar surface area (TPSA) is 53.6 Å². The van der Waals surface area contributed by atoms with E-state index in [4.69, 9.17) is 0 Å². The Balaban J connectivity index is 1.80. The van der Waals surface area contributed by atoms with Crippen LogP contribution in [-0.4, -0.2) is 15.3 Å². The summed E-state index contributed by atoms with van der Waals surface area (Å²) in [6, 6.07) is 10.3. The van der Waals surface area contributed by atoms with Crippen molar-refractivity contribution >= 4 is 5.82 Å². The zero-order valence-corrected chi connectivity index (χ0v) is 11.0. The Morgan fingerprint density at radius 2 is 1.90 bits per heavy atom. The van der Waals surface area contributed by atoms with Crippen molar-refractivity contribution in [2.24, 2.45) is 0 Å². The molecule has 102 valence electrons. The predicted octanol–water partition coefficient (Wildman–Crippen LogP) is 3.26. The van der Waals surface area contributed by atoms with E-state index in [1.54, 1.807) is 23.0 Å². The molecule has 1 aromatic heterocycles. The summed E-state index contributed by atoms with van der Waals surface area (Å²) in [7, 11) is 0. The fourth-order valence-corrected chi connectivity index (χ4v) is 2.62. The van der Waals surface area contributed by atoms with E-state index in [9.17, 15) is 9.65 Å². The van der Waals surface area contributed by atoms with Crippen LogP contribution in [0.1, 0.15) is 25.7 Å². The Labute approximate surface area is 116 Å². The first-order valence-electron chi connectivity index (χ1n) is 6.72. The van der Waals surface area contributed by atoms with Crippen LogP contribution in [0.15, 0.2) is 36.5 Å². The van der Waals surface area contributed by atoms with Gasteiger partial charge in [0.2, 0.25) is 0 Å². The highest BCUT2D eigenvalue weighted by atomic mass is 19.1. The minimum absolute atomic E-state index is 0.270. The zero-order chi connectivity index (χ0) is 14.0. The molecule has 1 aliphatic carbocycles. The largest absolute Gasteiger partial charge is 0.351 e. The Kier molecular flexibility index (Phi) is 3.15. The number of nitrogens with zero attached hydrogens (tertiary/aromatic N) is 3. The molecule has 0 amide bonds. The molecule has 0 bridgehead atoms. The lowest BCUT2D eigenvalue weighted by Gasteiger charge is -2.21. The van der Waals surface area contributed by atoms with Crippen LogP contribution in [0.2, 0.25) is 0 Å². The lowest BCUT2D eigenvalue weighted by atomic mass is 10.0. The van der Waals surface area contributed by atoms with E-state index in [2.05, 4.69) is 16.5 Å². The summed E-state index contributed by atoms with van der Waals surface area (Å²) in [6.07, 6.45) is 5.65. The molecule has 0 spiro atoms. The second-order valence-corrected chi connectivity index (χ2v) is 5.15. The smallest absolute Gasteiger partial charge is 0.149 e. The Morgan fingerprint density at radius 3 is 2.55 bits per heavy atom. The molecule has 0 radical (unpaired) electrons. The summed E-state index contributed by atoms with van der Waals surface area (Å²) in [5.41, 5.74) is 0.305. The molecule has 1 aromatic carbocycles. The van der Waals surface area contributed by atoms with Gasteiger partial charge in [-0.2, -0.15) is 10.4 Å². The Morgan fingerprint density at radius 1 is 1.20 bits per heavy atom. The van der Waals surface area contributed by atoms with Crippen LogP contribution in [0.25, 0.3) is 5.69 Å². The average Bonchev–Trinajstić information content (AvgIpc) is 3.10. The molecule has 5 heteroatoms. The van der Waals surface area contributed by atoms with E-state index in [0.29, 0.717) is 5.82 Å². The summed E-state index contributed by atoms with van der Waals surface area (Å²) >= 11 is 0. The summed E-state index contributed by atoms with van der Waals surface area (Å²) < 4.78 is 14.6. The first kappa shape index (κ1) is 12.7. The highest BCUT2D eigenvalue weighted by Crippen LogP contribution is 2.32. The minimum atomic E-state index is -0.484. The SMILES string of the molecule is N#CC1(Nc2ccn(-c3ccc(F)cc3)n2)CCCC1. The normalized spacial score (nSPS) is 16.8. The van der Waals surface area contributed by atoms with Crippen LogP contribution < -0.4 is 5.32 Å². The van der Waals surface area contributed by atoms with Crippen molar-refractivity contribution in [3.8, 4) is 11.8 Å². The van der Waals surface area contributed by atoms with Crippen molar-refractivity contribution in [3.05, 3.63) is 42.3 Å². The first-order valence-corrected chi connectivity index (χ1v) is 6.72. The fraction of sp³-hybridized carbons (Fsp3) is 0.333. The Bertz CT molecular complexity index is 633. The third kappa shape index (κ3) is 2.37. The van der Waals surface area contributed by atoms with Gasteiger partial charge in [-0.15, -0.1) is 0 Å². The van der Waals surface area contributed by atoms with Crippen LogP contribution in [0.5, 0.6) is 0 Å². The van der Waals surface area contributed by atoms with Crippen LogP contribution in [0.4, 0.5) is 10.2 Å². The van der Waals surface area contributed by atoms with E-state index in [1.165, 1.54) is 12.1 Å². The number of halogens is 1. The molecule has 1 fully saturated rings. The zero-order valence-electron chi connectivity index (χ0n) is 11.0. The molecule has 1 heterocycles. The number of benzene rings is 1. The van der Waals surface area contributed by atoms with Gasteiger partial charge in [-0.3, -0.25) is 0 Å². The van der Waals surface area contributed by atoms with Crippen LogP contribution in [-0.2, 0) is 0 Å². The molecule has 20 heavy (non-hydrogen) atoms. The van der Waals surface area contributed by atoms with Gasteiger partial charge >= 0.3 is 0 Å². The van der Waals surface area contributed by atoms with E-state index in [0.717, 1.165) is 31.4 Å². The molecule has 0 aliphatic heterocycles. The summed E-state index contributed by atoms with van der Waals surface area (Å²) in [4.78, 5) is 0. The first-order chi connectivity index (χ1) is 9.71. The lowest BCUT2D eigenvalue weighted by molar-refractivity contribution is 0.608. The maximum absolute atomic E-state index is 12.9. The van der Waals surface area contributed by atoms with Gasteiger partial charge in [0.05, 0.1) is 11.8 Å². The van der Waals surface area contributed by atoms with Gasteiger partial charge in [0.25, 0.3) is 0 Å². The molecular weight excluding hydrogens is 255 g/mol.